The number of nitrogens with zero attached hydrogens (tertiary/aromatic N) is 4. The molecule has 0 fully saturated rings. The molecule has 0 saturated carbocycles. The van der Waals surface area contributed by atoms with Gasteiger partial charge in [0.05, 0.1) is 29.7 Å². The Labute approximate surface area is 157 Å². The number of benzene rings is 2. The molecule has 0 aliphatic carbocycles. The zero-order chi connectivity index (χ0) is 19.9. The van der Waals surface area contributed by atoms with Crippen molar-refractivity contribution in [1.82, 2.24) is 19.6 Å². The van der Waals surface area contributed by atoms with Crippen LogP contribution in [-0.2, 0) is 12.7 Å². The lowest BCUT2D eigenvalue weighted by molar-refractivity contribution is -0.137. The maximum Gasteiger partial charge on any atom is 0.416 e. The highest BCUT2D eigenvalue weighted by molar-refractivity contribution is 5.81. The maximum absolute atomic E-state index is 13.0. The molecule has 2 aromatic heterocycles. The topological polar surface area (TPSA) is 52.7 Å². The zero-order valence-corrected chi connectivity index (χ0v) is 14.8. The smallest absolute Gasteiger partial charge is 0.265 e. The third-order valence-corrected chi connectivity index (χ3v) is 4.45. The number of aryl methyl sites for hydroxylation is 1. The van der Waals surface area contributed by atoms with Gasteiger partial charge in [0.1, 0.15) is 5.52 Å². The third kappa shape index (κ3) is 3.17. The summed E-state index contributed by atoms with van der Waals surface area (Å²) in [7, 11) is 0. The van der Waals surface area contributed by atoms with Gasteiger partial charge in [0.25, 0.3) is 5.56 Å². The molecule has 28 heavy (non-hydrogen) atoms. The van der Waals surface area contributed by atoms with Gasteiger partial charge >= 0.3 is 6.18 Å². The normalized spacial score (nSPS) is 11.9. The molecule has 0 spiro atoms. The van der Waals surface area contributed by atoms with E-state index in [2.05, 4.69) is 10.2 Å². The Kier molecular flexibility index (Phi) is 4.26. The minimum Gasteiger partial charge on any atom is -0.265 e. The van der Waals surface area contributed by atoms with Gasteiger partial charge < -0.3 is 0 Å². The van der Waals surface area contributed by atoms with Crippen molar-refractivity contribution < 1.29 is 13.2 Å². The number of halogens is 3. The van der Waals surface area contributed by atoms with Crippen molar-refractivity contribution >= 4 is 10.9 Å². The Balaban J connectivity index is 1.83. The standard InChI is InChI=1S/C20H15F3N4O/c1-13-17-11-24-27(16-8-3-2-4-9-16)18(17)19(28)26(25-13)12-14-6-5-7-15(10-14)20(21,22)23/h2-11H,12H2,1H3. The molecule has 0 radical (unpaired) electrons. The average Bonchev–Trinajstić information content (AvgIpc) is 3.12. The van der Waals surface area contributed by atoms with Crippen molar-refractivity contribution in [3.05, 3.63) is 88.0 Å². The van der Waals surface area contributed by atoms with Crippen molar-refractivity contribution in [2.45, 2.75) is 19.6 Å². The van der Waals surface area contributed by atoms with E-state index < -0.39 is 17.3 Å². The van der Waals surface area contributed by atoms with Crippen LogP contribution >= 0.6 is 0 Å². The number of aromatic nitrogens is 4. The molecule has 142 valence electrons. The van der Waals surface area contributed by atoms with Crippen LogP contribution in [0.25, 0.3) is 16.6 Å². The first-order chi connectivity index (χ1) is 13.3. The molecule has 0 bridgehead atoms. The van der Waals surface area contributed by atoms with Gasteiger partial charge in [-0.15, -0.1) is 0 Å². The number of hydrogen-bond acceptors (Lipinski definition) is 3. The Morgan fingerprint density at radius 2 is 1.79 bits per heavy atom. The van der Waals surface area contributed by atoms with Crippen LogP contribution in [0.4, 0.5) is 13.2 Å². The summed E-state index contributed by atoms with van der Waals surface area (Å²) in [5.41, 5.74) is 0.791. The summed E-state index contributed by atoms with van der Waals surface area (Å²) in [6.45, 7) is 1.67. The van der Waals surface area contributed by atoms with Crippen molar-refractivity contribution in [1.29, 1.82) is 0 Å². The third-order valence-electron chi connectivity index (χ3n) is 4.45. The van der Waals surface area contributed by atoms with Crippen molar-refractivity contribution in [2.24, 2.45) is 0 Å². The van der Waals surface area contributed by atoms with E-state index in [0.717, 1.165) is 12.1 Å². The number of fused-ring (bicyclic) bond motifs is 1. The van der Waals surface area contributed by atoms with Gasteiger partial charge in [-0.05, 0) is 36.8 Å². The fraction of sp³-hybridized carbons (Fsp3) is 0.150. The maximum atomic E-state index is 13.0. The molecule has 0 atom stereocenters. The van der Waals surface area contributed by atoms with Crippen molar-refractivity contribution in [3.63, 3.8) is 0 Å². The summed E-state index contributed by atoms with van der Waals surface area (Å²) in [5.74, 6) is 0. The first kappa shape index (κ1) is 18.0. The lowest BCUT2D eigenvalue weighted by atomic mass is 10.1. The first-order valence-electron chi connectivity index (χ1n) is 8.51. The predicted octanol–water partition coefficient (Wildman–Crippen LogP) is 3.96. The second-order valence-corrected chi connectivity index (χ2v) is 6.40. The van der Waals surface area contributed by atoms with Gasteiger partial charge in [-0.3, -0.25) is 4.79 Å². The summed E-state index contributed by atoms with van der Waals surface area (Å²) in [5, 5.41) is 9.17. The molecule has 5 nitrogen and oxygen atoms in total. The van der Waals surface area contributed by atoms with E-state index in [0.29, 0.717) is 27.8 Å². The molecular weight excluding hydrogens is 369 g/mol. The second kappa shape index (κ2) is 6.63. The van der Waals surface area contributed by atoms with Gasteiger partial charge in [-0.25, -0.2) is 9.36 Å². The summed E-state index contributed by atoms with van der Waals surface area (Å²) >= 11 is 0. The van der Waals surface area contributed by atoms with Crippen LogP contribution in [0.3, 0.4) is 0 Å². The Morgan fingerprint density at radius 3 is 2.50 bits per heavy atom. The fourth-order valence-corrected chi connectivity index (χ4v) is 3.11. The Morgan fingerprint density at radius 1 is 1.04 bits per heavy atom. The Bertz CT molecular complexity index is 1210. The second-order valence-electron chi connectivity index (χ2n) is 6.40. The van der Waals surface area contributed by atoms with E-state index in [-0.39, 0.29) is 6.54 Å². The van der Waals surface area contributed by atoms with Crippen LogP contribution in [0.2, 0.25) is 0 Å². The van der Waals surface area contributed by atoms with E-state index in [9.17, 15) is 18.0 Å². The summed E-state index contributed by atoms with van der Waals surface area (Å²) in [6, 6.07) is 14.0. The van der Waals surface area contributed by atoms with E-state index in [1.54, 1.807) is 13.1 Å². The fourth-order valence-electron chi connectivity index (χ4n) is 3.11. The van der Waals surface area contributed by atoms with Gasteiger partial charge in [-0.2, -0.15) is 23.4 Å². The molecular formula is C20H15F3N4O. The first-order valence-corrected chi connectivity index (χ1v) is 8.51. The molecule has 4 aromatic rings. The molecule has 0 saturated heterocycles. The van der Waals surface area contributed by atoms with Crippen LogP contribution in [0, 0.1) is 6.92 Å². The van der Waals surface area contributed by atoms with Gasteiger partial charge in [-0.1, -0.05) is 30.3 Å². The quantitative estimate of drug-likeness (QED) is 0.537. The van der Waals surface area contributed by atoms with Gasteiger partial charge in [0.15, 0.2) is 0 Å². The molecule has 4 rings (SSSR count). The molecule has 0 aliphatic heterocycles. The van der Waals surface area contributed by atoms with E-state index in [1.165, 1.54) is 21.5 Å². The van der Waals surface area contributed by atoms with Crippen molar-refractivity contribution in [3.8, 4) is 5.69 Å². The monoisotopic (exact) mass is 384 g/mol. The number of alkyl halides is 3. The van der Waals surface area contributed by atoms with Crippen LogP contribution in [0.5, 0.6) is 0 Å². The Hall–Kier alpha value is -3.42. The van der Waals surface area contributed by atoms with Gasteiger partial charge in [0.2, 0.25) is 0 Å². The lowest BCUT2D eigenvalue weighted by Gasteiger charge is -2.11. The lowest BCUT2D eigenvalue weighted by Crippen LogP contribution is -2.26. The average molecular weight is 384 g/mol. The van der Waals surface area contributed by atoms with Crippen LogP contribution < -0.4 is 5.56 Å². The van der Waals surface area contributed by atoms with E-state index in [1.807, 2.05) is 30.3 Å². The largest absolute Gasteiger partial charge is 0.416 e. The molecule has 0 aliphatic rings. The molecule has 2 heterocycles. The number of rotatable bonds is 3. The number of hydrogen-bond donors (Lipinski definition) is 0. The van der Waals surface area contributed by atoms with Crippen LogP contribution in [0.1, 0.15) is 16.8 Å². The van der Waals surface area contributed by atoms with Crippen LogP contribution in [0.15, 0.2) is 65.6 Å². The molecule has 2 aromatic carbocycles. The minimum absolute atomic E-state index is 0.0699. The highest BCUT2D eigenvalue weighted by Crippen LogP contribution is 2.29. The minimum atomic E-state index is -4.44. The molecule has 0 unspecified atom stereocenters. The van der Waals surface area contributed by atoms with Crippen molar-refractivity contribution in [2.75, 3.05) is 0 Å². The molecule has 0 amide bonds. The number of para-hydroxylation sites is 1. The SMILES string of the molecule is Cc1nn(Cc2cccc(C(F)(F)F)c2)c(=O)c2c1cnn2-c1ccccc1. The zero-order valence-electron chi connectivity index (χ0n) is 14.8. The van der Waals surface area contributed by atoms with Gasteiger partial charge in [0, 0.05) is 5.39 Å². The summed E-state index contributed by atoms with van der Waals surface area (Å²) in [4.78, 5) is 13.0. The van der Waals surface area contributed by atoms with E-state index in [4.69, 9.17) is 0 Å². The predicted molar refractivity (Wildman–Crippen MR) is 98.4 cm³/mol. The molecule has 0 N–H and O–H groups in total. The highest BCUT2D eigenvalue weighted by atomic mass is 19.4. The van der Waals surface area contributed by atoms with E-state index >= 15 is 0 Å². The summed E-state index contributed by atoms with van der Waals surface area (Å²) < 4.78 is 41.6. The molecule has 8 heteroatoms. The summed E-state index contributed by atoms with van der Waals surface area (Å²) in [6.07, 6.45) is -2.87. The highest BCUT2D eigenvalue weighted by Gasteiger charge is 2.30. The van der Waals surface area contributed by atoms with Crippen LogP contribution in [-0.4, -0.2) is 19.6 Å².